The van der Waals surface area contributed by atoms with Gasteiger partial charge in [0.15, 0.2) is 0 Å². The van der Waals surface area contributed by atoms with E-state index in [1.807, 2.05) is 6.92 Å². The Labute approximate surface area is 110 Å². The average molecular weight is 262 g/mol. The molecule has 0 atom stereocenters. The standard InChI is InChI=1S/C13H12ClN3O/c1-8-5-11(14)3-4-12(8)17-13(18)10-6-15-9(2)16-7-10/h3-7H,1-2H3,(H,17,18). The third kappa shape index (κ3) is 2.84. The number of nitrogens with zero attached hydrogens (tertiary/aromatic N) is 2. The van der Waals surface area contributed by atoms with E-state index in [2.05, 4.69) is 15.3 Å². The minimum Gasteiger partial charge on any atom is -0.322 e. The number of hydrogen-bond donors (Lipinski definition) is 1. The fraction of sp³-hybridized carbons (Fsp3) is 0.154. The van der Waals surface area contributed by atoms with Crippen molar-refractivity contribution in [3.63, 3.8) is 0 Å². The lowest BCUT2D eigenvalue weighted by molar-refractivity contribution is 0.102. The number of benzene rings is 1. The molecule has 5 heteroatoms. The van der Waals surface area contributed by atoms with Crippen LogP contribution in [0.5, 0.6) is 0 Å². The summed E-state index contributed by atoms with van der Waals surface area (Å²) in [6, 6.07) is 5.29. The predicted octanol–water partition coefficient (Wildman–Crippen LogP) is 3.00. The number of amides is 1. The first kappa shape index (κ1) is 12.5. The Hall–Kier alpha value is -1.94. The van der Waals surface area contributed by atoms with Crippen LogP contribution in [0.4, 0.5) is 5.69 Å². The number of carbonyl (C=O) groups excluding carboxylic acids is 1. The summed E-state index contributed by atoms with van der Waals surface area (Å²) in [4.78, 5) is 19.9. The van der Waals surface area contributed by atoms with Crippen molar-refractivity contribution in [3.8, 4) is 0 Å². The lowest BCUT2D eigenvalue weighted by atomic mass is 10.2. The van der Waals surface area contributed by atoms with Crippen molar-refractivity contribution in [1.82, 2.24) is 9.97 Å². The molecule has 0 saturated heterocycles. The minimum atomic E-state index is -0.236. The second kappa shape index (κ2) is 5.14. The number of anilines is 1. The molecule has 0 saturated carbocycles. The van der Waals surface area contributed by atoms with Crippen molar-refractivity contribution in [2.24, 2.45) is 0 Å². The molecule has 0 aliphatic rings. The molecule has 1 amide bonds. The summed E-state index contributed by atoms with van der Waals surface area (Å²) in [5, 5.41) is 3.44. The van der Waals surface area contributed by atoms with Crippen LogP contribution < -0.4 is 5.32 Å². The lowest BCUT2D eigenvalue weighted by Gasteiger charge is -2.08. The molecule has 0 radical (unpaired) electrons. The van der Waals surface area contributed by atoms with Crippen molar-refractivity contribution in [1.29, 1.82) is 0 Å². The first-order valence-electron chi connectivity index (χ1n) is 5.42. The summed E-state index contributed by atoms with van der Waals surface area (Å²) in [6.07, 6.45) is 3.01. The van der Waals surface area contributed by atoms with E-state index >= 15 is 0 Å². The van der Waals surface area contributed by atoms with Gasteiger partial charge in [0.1, 0.15) is 5.82 Å². The largest absolute Gasteiger partial charge is 0.322 e. The van der Waals surface area contributed by atoms with Gasteiger partial charge in [0.25, 0.3) is 5.91 Å². The Morgan fingerprint density at radius 2 is 1.89 bits per heavy atom. The zero-order chi connectivity index (χ0) is 13.1. The van der Waals surface area contributed by atoms with E-state index in [4.69, 9.17) is 11.6 Å². The quantitative estimate of drug-likeness (QED) is 0.904. The highest BCUT2D eigenvalue weighted by molar-refractivity contribution is 6.30. The Morgan fingerprint density at radius 1 is 1.22 bits per heavy atom. The van der Waals surface area contributed by atoms with Crippen molar-refractivity contribution >= 4 is 23.2 Å². The highest BCUT2D eigenvalue weighted by Gasteiger charge is 2.08. The van der Waals surface area contributed by atoms with E-state index in [-0.39, 0.29) is 5.91 Å². The first-order valence-corrected chi connectivity index (χ1v) is 5.80. The van der Waals surface area contributed by atoms with Gasteiger partial charge in [0.2, 0.25) is 0 Å². The summed E-state index contributed by atoms with van der Waals surface area (Å²) in [5.41, 5.74) is 2.06. The summed E-state index contributed by atoms with van der Waals surface area (Å²) < 4.78 is 0. The molecular weight excluding hydrogens is 250 g/mol. The maximum atomic E-state index is 11.9. The van der Waals surface area contributed by atoms with Crippen LogP contribution in [0.3, 0.4) is 0 Å². The Morgan fingerprint density at radius 3 is 2.50 bits per heavy atom. The van der Waals surface area contributed by atoms with Gasteiger partial charge in [-0.2, -0.15) is 0 Å². The Bertz CT molecular complexity index is 581. The van der Waals surface area contributed by atoms with Crippen LogP contribution in [0.1, 0.15) is 21.7 Å². The van der Waals surface area contributed by atoms with Gasteiger partial charge in [-0.15, -0.1) is 0 Å². The highest BCUT2D eigenvalue weighted by atomic mass is 35.5. The number of hydrogen-bond acceptors (Lipinski definition) is 3. The maximum absolute atomic E-state index is 11.9. The molecule has 1 N–H and O–H groups in total. The molecule has 1 aromatic heterocycles. The van der Waals surface area contributed by atoms with Gasteiger partial charge >= 0.3 is 0 Å². The molecule has 0 unspecified atom stereocenters. The zero-order valence-corrected chi connectivity index (χ0v) is 10.8. The summed E-state index contributed by atoms with van der Waals surface area (Å²) in [5.74, 6) is 0.398. The average Bonchev–Trinajstić information content (AvgIpc) is 2.33. The molecule has 1 aromatic carbocycles. The van der Waals surface area contributed by atoms with Crippen LogP contribution in [0.2, 0.25) is 5.02 Å². The smallest absolute Gasteiger partial charge is 0.258 e. The Kier molecular flexibility index (Phi) is 3.58. The maximum Gasteiger partial charge on any atom is 0.258 e. The van der Waals surface area contributed by atoms with E-state index in [0.717, 1.165) is 11.3 Å². The van der Waals surface area contributed by atoms with Crippen LogP contribution in [-0.2, 0) is 0 Å². The number of aromatic nitrogens is 2. The zero-order valence-electron chi connectivity index (χ0n) is 10.1. The van der Waals surface area contributed by atoms with Gasteiger partial charge in [-0.25, -0.2) is 9.97 Å². The number of aryl methyl sites for hydroxylation is 2. The fourth-order valence-corrected chi connectivity index (χ4v) is 1.70. The SMILES string of the molecule is Cc1ncc(C(=O)Nc2ccc(Cl)cc2C)cn1. The van der Waals surface area contributed by atoms with E-state index in [1.165, 1.54) is 12.4 Å². The molecule has 0 bridgehead atoms. The number of carbonyl (C=O) groups is 1. The van der Waals surface area contributed by atoms with Crippen molar-refractivity contribution in [2.45, 2.75) is 13.8 Å². The van der Waals surface area contributed by atoms with E-state index in [0.29, 0.717) is 16.4 Å². The van der Waals surface area contributed by atoms with Crippen LogP contribution >= 0.6 is 11.6 Å². The van der Waals surface area contributed by atoms with Crippen LogP contribution in [0.15, 0.2) is 30.6 Å². The summed E-state index contributed by atoms with van der Waals surface area (Å²) in [6.45, 7) is 3.65. The minimum absolute atomic E-state index is 0.236. The number of rotatable bonds is 2. The lowest BCUT2D eigenvalue weighted by Crippen LogP contribution is -2.13. The molecule has 0 fully saturated rings. The fourth-order valence-electron chi connectivity index (χ4n) is 1.47. The third-order valence-corrected chi connectivity index (χ3v) is 2.71. The predicted molar refractivity (Wildman–Crippen MR) is 70.9 cm³/mol. The van der Waals surface area contributed by atoms with Crippen LogP contribution in [-0.4, -0.2) is 15.9 Å². The number of nitrogens with one attached hydrogen (secondary N) is 1. The molecule has 18 heavy (non-hydrogen) atoms. The summed E-state index contributed by atoms with van der Waals surface area (Å²) >= 11 is 5.86. The second-order valence-corrected chi connectivity index (χ2v) is 4.37. The Balaban J connectivity index is 2.18. The van der Waals surface area contributed by atoms with Crippen LogP contribution in [0.25, 0.3) is 0 Å². The van der Waals surface area contributed by atoms with Gasteiger partial charge in [0.05, 0.1) is 5.56 Å². The molecule has 0 aliphatic heterocycles. The van der Waals surface area contributed by atoms with Crippen molar-refractivity contribution < 1.29 is 4.79 Å². The highest BCUT2D eigenvalue weighted by Crippen LogP contribution is 2.20. The molecule has 2 rings (SSSR count). The van der Waals surface area contributed by atoms with E-state index in [9.17, 15) is 4.79 Å². The molecule has 1 heterocycles. The van der Waals surface area contributed by atoms with Gasteiger partial charge in [-0.3, -0.25) is 4.79 Å². The normalized spacial score (nSPS) is 10.2. The topological polar surface area (TPSA) is 54.9 Å². The molecule has 92 valence electrons. The molecule has 0 spiro atoms. The van der Waals surface area contributed by atoms with Gasteiger partial charge < -0.3 is 5.32 Å². The second-order valence-electron chi connectivity index (χ2n) is 3.93. The monoisotopic (exact) mass is 261 g/mol. The van der Waals surface area contributed by atoms with E-state index < -0.39 is 0 Å². The molecule has 0 aliphatic carbocycles. The van der Waals surface area contributed by atoms with Gasteiger partial charge in [-0.1, -0.05) is 11.6 Å². The third-order valence-electron chi connectivity index (χ3n) is 2.48. The van der Waals surface area contributed by atoms with Crippen molar-refractivity contribution in [2.75, 3.05) is 5.32 Å². The van der Waals surface area contributed by atoms with Crippen LogP contribution in [0, 0.1) is 13.8 Å². The van der Waals surface area contributed by atoms with E-state index in [1.54, 1.807) is 25.1 Å². The van der Waals surface area contributed by atoms with Crippen molar-refractivity contribution in [3.05, 3.63) is 52.6 Å². The van der Waals surface area contributed by atoms with Gasteiger partial charge in [-0.05, 0) is 37.6 Å². The molecule has 2 aromatic rings. The molecule has 4 nitrogen and oxygen atoms in total. The van der Waals surface area contributed by atoms with Gasteiger partial charge in [0, 0.05) is 23.1 Å². The first-order chi connectivity index (χ1) is 8.56. The number of halogens is 1. The summed E-state index contributed by atoms with van der Waals surface area (Å²) in [7, 11) is 0. The molecular formula is C13H12ClN3O.